The molecule has 0 aliphatic carbocycles. The lowest BCUT2D eigenvalue weighted by molar-refractivity contribution is -0.126. The van der Waals surface area contributed by atoms with Gasteiger partial charge >= 0.3 is 0 Å². The highest BCUT2D eigenvalue weighted by molar-refractivity contribution is 5.95. The van der Waals surface area contributed by atoms with E-state index in [9.17, 15) is 9.59 Å². The van der Waals surface area contributed by atoms with Crippen molar-refractivity contribution in [3.63, 3.8) is 0 Å². The van der Waals surface area contributed by atoms with E-state index in [-0.39, 0.29) is 17.9 Å². The Morgan fingerprint density at radius 2 is 2.24 bits per heavy atom. The molecular formula is C18H21N5O2. The molecule has 0 bridgehead atoms. The molecular weight excluding hydrogens is 318 g/mol. The summed E-state index contributed by atoms with van der Waals surface area (Å²) in [5.74, 6) is -0.220. The summed E-state index contributed by atoms with van der Waals surface area (Å²) in [5.41, 5.74) is 1.19. The van der Waals surface area contributed by atoms with Gasteiger partial charge < -0.3 is 14.8 Å². The number of likely N-dealkylation sites (tertiary alicyclic amines) is 1. The van der Waals surface area contributed by atoms with Crippen molar-refractivity contribution in [2.45, 2.75) is 25.4 Å². The van der Waals surface area contributed by atoms with Gasteiger partial charge in [-0.1, -0.05) is 0 Å². The van der Waals surface area contributed by atoms with Crippen molar-refractivity contribution in [1.82, 2.24) is 24.8 Å². The lowest BCUT2D eigenvalue weighted by Crippen LogP contribution is -2.36. The van der Waals surface area contributed by atoms with Crippen molar-refractivity contribution in [3.05, 3.63) is 54.4 Å². The lowest BCUT2D eigenvalue weighted by Gasteiger charge is -2.23. The molecule has 1 aliphatic heterocycles. The number of amides is 2. The second kappa shape index (κ2) is 7.74. The van der Waals surface area contributed by atoms with E-state index in [1.54, 1.807) is 44.0 Å². The van der Waals surface area contributed by atoms with Gasteiger partial charge in [-0.05, 0) is 30.5 Å². The van der Waals surface area contributed by atoms with E-state index in [0.717, 1.165) is 31.5 Å². The van der Waals surface area contributed by atoms with Crippen LogP contribution in [0.3, 0.4) is 0 Å². The van der Waals surface area contributed by atoms with Gasteiger partial charge in [-0.15, -0.1) is 0 Å². The molecule has 1 atom stereocenters. The molecule has 7 heteroatoms. The van der Waals surface area contributed by atoms with Crippen LogP contribution in [0.4, 0.5) is 0 Å². The minimum absolute atomic E-state index is 0.0204. The van der Waals surface area contributed by atoms with Crippen LogP contribution in [0, 0.1) is 0 Å². The predicted octanol–water partition coefficient (Wildman–Crippen LogP) is 1.34. The number of pyridine rings is 1. The van der Waals surface area contributed by atoms with Crippen LogP contribution in [0.5, 0.6) is 0 Å². The molecule has 0 aromatic carbocycles. The van der Waals surface area contributed by atoms with Crippen molar-refractivity contribution in [1.29, 1.82) is 0 Å². The fourth-order valence-corrected chi connectivity index (χ4v) is 3.03. The van der Waals surface area contributed by atoms with Crippen LogP contribution in [0.25, 0.3) is 6.08 Å². The molecule has 3 rings (SSSR count). The highest BCUT2D eigenvalue weighted by atomic mass is 16.2. The molecule has 130 valence electrons. The van der Waals surface area contributed by atoms with E-state index >= 15 is 0 Å². The zero-order valence-electron chi connectivity index (χ0n) is 14.1. The number of carbonyl (C=O) groups excluding carboxylic acids is 2. The Labute approximate surface area is 146 Å². The Morgan fingerprint density at radius 3 is 3.00 bits per heavy atom. The maximum absolute atomic E-state index is 12.5. The zero-order chi connectivity index (χ0) is 17.6. The lowest BCUT2D eigenvalue weighted by atomic mass is 10.2. The Balaban J connectivity index is 1.66. The summed E-state index contributed by atoms with van der Waals surface area (Å²) in [5, 5.41) is 2.56. The van der Waals surface area contributed by atoms with Crippen LogP contribution >= 0.6 is 0 Å². The minimum Gasteiger partial charge on any atom is -0.355 e. The number of aromatic nitrogens is 3. The van der Waals surface area contributed by atoms with Crippen LogP contribution in [0.15, 0.2) is 43.3 Å². The summed E-state index contributed by atoms with van der Waals surface area (Å²) in [6.07, 6.45) is 13.8. The third kappa shape index (κ3) is 4.12. The van der Waals surface area contributed by atoms with Gasteiger partial charge in [-0.3, -0.25) is 14.6 Å². The molecule has 25 heavy (non-hydrogen) atoms. The number of rotatable bonds is 5. The van der Waals surface area contributed by atoms with Crippen molar-refractivity contribution in [2.24, 2.45) is 0 Å². The summed E-state index contributed by atoms with van der Waals surface area (Å²) >= 11 is 0. The Morgan fingerprint density at radius 1 is 1.36 bits per heavy atom. The number of nitrogens with zero attached hydrogens (tertiary/aromatic N) is 4. The highest BCUT2D eigenvalue weighted by Crippen LogP contribution is 2.19. The summed E-state index contributed by atoms with van der Waals surface area (Å²) in [6, 6.07) is 1.89. The number of hydrogen-bond acceptors (Lipinski definition) is 4. The fraction of sp³-hybridized carbons (Fsp3) is 0.333. The van der Waals surface area contributed by atoms with Gasteiger partial charge in [0.25, 0.3) is 5.91 Å². The number of nitrogens with one attached hydrogen (secondary N) is 1. The average molecular weight is 339 g/mol. The van der Waals surface area contributed by atoms with Crippen LogP contribution in [-0.4, -0.2) is 50.9 Å². The molecule has 2 amide bonds. The quantitative estimate of drug-likeness (QED) is 0.834. The maximum Gasteiger partial charge on any atom is 0.252 e. The van der Waals surface area contributed by atoms with E-state index in [1.807, 2.05) is 15.7 Å². The molecule has 3 heterocycles. The molecule has 2 aromatic rings. The smallest absolute Gasteiger partial charge is 0.252 e. The predicted molar refractivity (Wildman–Crippen MR) is 93.6 cm³/mol. The first-order valence-corrected chi connectivity index (χ1v) is 8.29. The van der Waals surface area contributed by atoms with Gasteiger partial charge in [0.2, 0.25) is 5.91 Å². The van der Waals surface area contributed by atoms with Gasteiger partial charge in [0, 0.05) is 57.0 Å². The van der Waals surface area contributed by atoms with Gasteiger partial charge in [0.15, 0.2) is 0 Å². The second-order valence-corrected chi connectivity index (χ2v) is 6.01. The summed E-state index contributed by atoms with van der Waals surface area (Å²) in [4.78, 5) is 34.2. The molecule has 2 aromatic heterocycles. The van der Waals surface area contributed by atoms with Crippen LogP contribution in [-0.2, 0) is 11.3 Å². The van der Waals surface area contributed by atoms with E-state index < -0.39 is 0 Å². The fourth-order valence-electron chi connectivity index (χ4n) is 3.03. The van der Waals surface area contributed by atoms with Crippen molar-refractivity contribution in [2.75, 3.05) is 13.6 Å². The van der Waals surface area contributed by atoms with Crippen molar-refractivity contribution < 1.29 is 9.59 Å². The zero-order valence-corrected chi connectivity index (χ0v) is 14.1. The van der Waals surface area contributed by atoms with Crippen molar-refractivity contribution in [3.8, 4) is 0 Å². The summed E-state index contributed by atoms with van der Waals surface area (Å²) < 4.78 is 2.00. The van der Waals surface area contributed by atoms with Crippen LogP contribution in [0.1, 0.15) is 28.8 Å². The Kier molecular flexibility index (Phi) is 5.23. The van der Waals surface area contributed by atoms with Crippen LogP contribution in [0.2, 0.25) is 0 Å². The molecule has 1 unspecified atom stereocenters. The second-order valence-electron chi connectivity index (χ2n) is 6.01. The molecule has 1 N–H and O–H groups in total. The highest BCUT2D eigenvalue weighted by Gasteiger charge is 2.27. The SMILES string of the molecule is CNC(=O)c1cncc(/C=C/C(=O)N2CCCC2Cn2ccnc2)c1. The average Bonchev–Trinajstić information content (AvgIpc) is 3.31. The Bertz CT molecular complexity index is 770. The monoisotopic (exact) mass is 339 g/mol. The first-order valence-electron chi connectivity index (χ1n) is 8.29. The first-order chi connectivity index (χ1) is 12.2. The van der Waals surface area contributed by atoms with E-state index in [2.05, 4.69) is 15.3 Å². The topological polar surface area (TPSA) is 80.1 Å². The number of imidazole rings is 1. The summed E-state index contributed by atoms with van der Waals surface area (Å²) in [7, 11) is 1.57. The van der Waals surface area contributed by atoms with Gasteiger partial charge in [0.1, 0.15) is 0 Å². The van der Waals surface area contributed by atoms with Crippen molar-refractivity contribution >= 4 is 17.9 Å². The molecule has 0 saturated carbocycles. The van der Waals surface area contributed by atoms with Gasteiger partial charge in [0.05, 0.1) is 11.9 Å². The van der Waals surface area contributed by atoms with Gasteiger partial charge in [-0.25, -0.2) is 4.98 Å². The molecule has 1 saturated heterocycles. The standard InChI is InChI=1S/C18H21N5O2/c1-19-18(25)15-9-14(10-21-11-15)4-5-17(24)23-7-2-3-16(23)12-22-8-6-20-13-22/h4-6,8-11,13,16H,2-3,7,12H2,1H3,(H,19,25)/b5-4+. The minimum atomic E-state index is -0.200. The van der Waals surface area contributed by atoms with Gasteiger partial charge in [-0.2, -0.15) is 0 Å². The summed E-state index contributed by atoms with van der Waals surface area (Å²) in [6.45, 7) is 1.52. The molecule has 0 radical (unpaired) electrons. The normalized spacial score (nSPS) is 17.2. The number of hydrogen-bond donors (Lipinski definition) is 1. The van der Waals surface area contributed by atoms with E-state index in [1.165, 1.54) is 6.20 Å². The maximum atomic E-state index is 12.5. The number of carbonyl (C=O) groups is 2. The third-order valence-electron chi connectivity index (χ3n) is 4.31. The van der Waals surface area contributed by atoms with E-state index in [0.29, 0.717) is 5.56 Å². The van der Waals surface area contributed by atoms with Crippen LogP contribution < -0.4 is 5.32 Å². The molecule has 7 nitrogen and oxygen atoms in total. The molecule has 1 fully saturated rings. The first kappa shape index (κ1) is 16.9. The third-order valence-corrected chi connectivity index (χ3v) is 4.31. The van der Waals surface area contributed by atoms with E-state index in [4.69, 9.17) is 0 Å². The Hall–Kier alpha value is -2.96. The molecule has 0 spiro atoms. The largest absolute Gasteiger partial charge is 0.355 e. The molecule has 1 aliphatic rings.